The van der Waals surface area contributed by atoms with Crippen LogP contribution in [-0.2, 0) is 0 Å². The Morgan fingerprint density at radius 3 is 2.16 bits per heavy atom. The van der Waals surface area contributed by atoms with Crippen molar-refractivity contribution in [3.63, 3.8) is 0 Å². The molecule has 19 heavy (non-hydrogen) atoms. The van der Waals surface area contributed by atoms with Crippen LogP contribution >= 0.6 is 0 Å². The van der Waals surface area contributed by atoms with Crippen molar-refractivity contribution in [3.05, 3.63) is 28.8 Å². The van der Waals surface area contributed by atoms with Gasteiger partial charge in [-0.1, -0.05) is 6.07 Å². The Kier molecular flexibility index (Phi) is 4.60. The van der Waals surface area contributed by atoms with Crippen LogP contribution in [0.25, 0.3) is 0 Å². The molecule has 0 heterocycles. The highest BCUT2D eigenvalue weighted by atomic mass is 16.5. The topological polar surface area (TPSA) is 36.3 Å². The van der Waals surface area contributed by atoms with E-state index >= 15 is 0 Å². The van der Waals surface area contributed by atoms with E-state index in [1.165, 1.54) is 11.1 Å². The Hall–Kier alpha value is -1.53. The summed E-state index contributed by atoms with van der Waals surface area (Å²) >= 11 is 0. The molecule has 0 spiro atoms. The van der Waals surface area contributed by atoms with Crippen molar-refractivity contribution in [2.45, 2.75) is 33.7 Å². The third kappa shape index (κ3) is 3.08. The standard InChI is InChI=1S/C16H24N2O/c1-11-8-13(14(19-7)9-12(11)2)15(18(5)6)16(3,4)10-17/h8-9,15H,1-7H3. The van der Waals surface area contributed by atoms with E-state index in [-0.39, 0.29) is 6.04 Å². The third-order valence-corrected chi connectivity index (χ3v) is 3.63. The van der Waals surface area contributed by atoms with Gasteiger partial charge in [-0.25, -0.2) is 0 Å². The monoisotopic (exact) mass is 260 g/mol. The van der Waals surface area contributed by atoms with Crippen molar-refractivity contribution in [2.75, 3.05) is 21.2 Å². The van der Waals surface area contributed by atoms with E-state index < -0.39 is 5.41 Å². The number of ether oxygens (including phenoxy) is 1. The van der Waals surface area contributed by atoms with E-state index in [4.69, 9.17) is 4.74 Å². The maximum Gasteiger partial charge on any atom is 0.123 e. The second kappa shape index (κ2) is 5.63. The van der Waals surface area contributed by atoms with Gasteiger partial charge in [-0.05, 0) is 59.0 Å². The van der Waals surface area contributed by atoms with E-state index in [1.807, 2.05) is 27.9 Å². The van der Waals surface area contributed by atoms with E-state index in [2.05, 4.69) is 36.9 Å². The molecule has 3 nitrogen and oxygen atoms in total. The Balaban J connectivity index is 3.48. The number of hydrogen-bond donors (Lipinski definition) is 0. The minimum absolute atomic E-state index is 0.00764. The second-order valence-corrected chi connectivity index (χ2v) is 5.88. The van der Waals surface area contributed by atoms with Crippen LogP contribution in [-0.4, -0.2) is 26.1 Å². The molecule has 0 aromatic heterocycles. The molecule has 0 radical (unpaired) electrons. The minimum atomic E-state index is -0.488. The first kappa shape index (κ1) is 15.5. The normalized spacial score (nSPS) is 13.2. The maximum absolute atomic E-state index is 9.44. The van der Waals surface area contributed by atoms with Gasteiger partial charge in [-0.2, -0.15) is 5.26 Å². The summed E-state index contributed by atoms with van der Waals surface area (Å²) in [6.07, 6.45) is 0. The fraction of sp³-hybridized carbons (Fsp3) is 0.562. The molecule has 0 saturated carbocycles. The fourth-order valence-electron chi connectivity index (χ4n) is 2.58. The number of methoxy groups -OCH3 is 1. The van der Waals surface area contributed by atoms with Gasteiger partial charge < -0.3 is 9.64 Å². The van der Waals surface area contributed by atoms with Crippen LogP contribution < -0.4 is 4.74 Å². The highest BCUT2D eigenvalue weighted by molar-refractivity contribution is 5.44. The zero-order valence-electron chi connectivity index (χ0n) is 13.0. The molecular formula is C16H24N2O. The van der Waals surface area contributed by atoms with Gasteiger partial charge in [-0.15, -0.1) is 0 Å². The molecule has 0 N–H and O–H groups in total. The van der Waals surface area contributed by atoms with E-state index in [0.29, 0.717) is 0 Å². The highest BCUT2D eigenvalue weighted by Gasteiger charge is 2.34. The molecule has 0 fully saturated rings. The summed E-state index contributed by atoms with van der Waals surface area (Å²) < 4.78 is 5.52. The van der Waals surface area contributed by atoms with Crippen LogP contribution in [0.4, 0.5) is 0 Å². The number of hydrogen-bond acceptors (Lipinski definition) is 3. The van der Waals surface area contributed by atoms with Crippen LogP contribution in [0.1, 0.15) is 36.6 Å². The van der Waals surface area contributed by atoms with Gasteiger partial charge in [0.05, 0.1) is 24.6 Å². The average Bonchev–Trinajstić information content (AvgIpc) is 2.32. The second-order valence-electron chi connectivity index (χ2n) is 5.88. The molecule has 3 heteroatoms. The number of rotatable bonds is 4. The van der Waals surface area contributed by atoms with Crippen LogP contribution in [0.5, 0.6) is 5.75 Å². The number of benzene rings is 1. The molecule has 0 aliphatic heterocycles. The van der Waals surface area contributed by atoms with E-state index in [1.54, 1.807) is 7.11 Å². The average molecular weight is 260 g/mol. The third-order valence-electron chi connectivity index (χ3n) is 3.63. The van der Waals surface area contributed by atoms with Crippen LogP contribution in [0, 0.1) is 30.6 Å². The van der Waals surface area contributed by atoms with E-state index in [0.717, 1.165) is 11.3 Å². The van der Waals surface area contributed by atoms with Crippen LogP contribution in [0.3, 0.4) is 0 Å². The summed E-state index contributed by atoms with van der Waals surface area (Å²) in [4.78, 5) is 2.08. The molecule has 0 aliphatic rings. The quantitative estimate of drug-likeness (QED) is 0.831. The zero-order valence-corrected chi connectivity index (χ0v) is 13.0. The Bertz CT molecular complexity index is 498. The Morgan fingerprint density at radius 1 is 1.21 bits per heavy atom. The highest BCUT2D eigenvalue weighted by Crippen LogP contribution is 2.41. The molecule has 0 aliphatic carbocycles. The molecule has 1 aromatic rings. The van der Waals surface area contributed by atoms with Crippen molar-refractivity contribution in [1.29, 1.82) is 5.26 Å². The summed E-state index contributed by atoms with van der Waals surface area (Å²) in [5.41, 5.74) is 3.00. The first-order valence-corrected chi connectivity index (χ1v) is 6.47. The first-order valence-electron chi connectivity index (χ1n) is 6.47. The molecule has 0 saturated heterocycles. The lowest BCUT2D eigenvalue weighted by Gasteiger charge is -2.35. The summed E-state index contributed by atoms with van der Waals surface area (Å²) in [5, 5.41) is 9.44. The lowest BCUT2D eigenvalue weighted by molar-refractivity contribution is 0.180. The van der Waals surface area contributed by atoms with Gasteiger partial charge >= 0.3 is 0 Å². The lowest BCUT2D eigenvalue weighted by atomic mass is 9.80. The van der Waals surface area contributed by atoms with Gasteiger partial charge in [0.2, 0.25) is 0 Å². The molecule has 104 valence electrons. The molecule has 1 rings (SSSR count). The minimum Gasteiger partial charge on any atom is -0.496 e. The van der Waals surface area contributed by atoms with Gasteiger partial charge in [0.25, 0.3) is 0 Å². The van der Waals surface area contributed by atoms with Crippen molar-refractivity contribution in [2.24, 2.45) is 5.41 Å². The molecular weight excluding hydrogens is 236 g/mol. The van der Waals surface area contributed by atoms with Gasteiger partial charge in [0.15, 0.2) is 0 Å². The number of aryl methyl sites for hydroxylation is 2. The van der Waals surface area contributed by atoms with Crippen molar-refractivity contribution >= 4 is 0 Å². The molecule has 0 bridgehead atoms. The SMILES string of the molecule is COc1cc(C)c(C)cc1C(N(C)C)C(C)(C)C#N. The molecule has 0 amide bonds. The van der Waals surface area contributed by atoms with Crippen molar-refractivity contribution in [1.82, 2.24) is 4.90 Å². The smallest absolute Gasteiger partial charge is 0.123 e. The van der Waals surface area contributed by atoms with Crippen molar-refractivity contribution in [3.8, 4) is 11.8 Å². The van der Waals surface area contributed by atoms with Gasteiger partial charge in [0.1, 0.15) is 5.75 Å². The predicted molar refractivity (Wildman–Crippen MR) is 78.3 cm³/mol. The summed E-state index contributed by atoms with van der Waals surface area (Å²) in [5.74, 6) is 0.852. The Labute approximate surface area is 116 Å². The van der Waals surface area contributed by atoms with Crippen LogP contribution in [0.15, 0.2) is 12.1 Å². The van der Waals surface area contributed by atoms with E-state index in [9.17, 15) is 5.26 Å². The number of nitrogens with zero attached hydrogens (tertiary/aromatic N) is 2. The van der Waals surface area contributed by atoms with Gasteiger partial charge in [-0.3, -0.25) is 0 Å². The van der Waals surface area contributed by atoms with Crippen molar-refractivity contribution < 1.29 is 4.74 Å². The summed E-state index contributed by atoms with van der Waals surface area (Å²) in [6.45, 7) is 8.09. The predicted octanol–water partition coefficient (Wildman–Crippen LogP) is 3.46. The maximum atomic E-state index is 9.44. The largest absolute Gasteiger partial charge is 0.496 e. The fourth-order valence-corrected chi connectivity index (χ4v) is 2.58. The number of nitriles is 1. The van der Waals surface area contributed by atoms with Gasteiger partial charge in [0, 0.05) is 5.56 Å². The lowest BCUT2D eigenvalue weighted by Crippen LogP contribution is -2.33. The summed E-state index contributed by atoms with van der Waals surface area (Å²) in [7, 11) is 5.68. The zero-order chi connectivity index (χ0) is 14.8. The molecule has 1 unspecified atom stereocenters. The Morgan fingerprint density at radius 2 is 1.74 bits per heavy atom. The van der Waals surface area contributed by atoms with Crippen LogP contribution in [0.2, 0.25) is 0 Å². The molecule has 1 aromatic carbocycles. The molecule has 1 atom stereocenters. The first-order chi connectivity index (χ1) is 8.74. The summed E-state index contributed by atoms with van der Waals surface area (Å²) in [6, 6.07) is 6.59.